The highest BCUT2D eigenvalue weighted by Crippen LogP contribution is 2.39. The highest BCUT2D eigenvalue weighted by molar-refractivity contribution is 4.99. The van der Waals surface area contributed by atoms with Crippen molar-refractivity contribution in [2.75, 3.05) is 40.0 Å². The quantitative estimate of drug-likeness (QED) is 0.744. The summed E-state index contributed by atoms with van der Waals surface area (Å²) in [6.45, 7) is 6.57. The number of hydrogen-bond donors (Lipinski definition) is 1. The summed E-state index contributed by atoms with van der Waals surface area (Å²) in [5.41, 5.74) is 6.27. The van der Waals surface area contributed by atoms with Gasteiger partial charge in [-0.15, -0.1) is 0 Å². The van der Waals surface area contributed by atoms with E-state index in [0.717, 1.165) is 51.7 Å². The molecule has 0 bridgehead atoms. The van der Waals surface area contributed by atoms with Crippen LogP contribution in [0.25, 0.3) is 0 Å². The minimum Gasteiger partial charge on any atom is -0.383 e. The van der Waals surface area contributed by atoms with Crippen molar-refractivity contribution < 1.29 is 9.47 Å². The molecule has 1 saturated carbocycles. The van der Waals surface area contributed by atoms with Crippen molar-refractivity contribution in [3.8, 4) is 0 Å². The van der Waals surface area contributed by atoms with Crippen LogP contribution in [0.15, 0.2) is 0 Å². The highest BCUT2D eigenvalue weighted by Gasteiger charge is 2.43. The summed E-state index contributed by atoms with van der Waals surface area (Å²) in [6.07, 6.45) is 4.87. The van der Waals surface area contributed by atoms with E-state index in [1.54, 1.807) is 7.11 Å². The highest BCUT2D eigenvalue weighted by atomic mass is 16.5. The first-order valence-electron chi connectivity index (χ1n) is 7.27. The monoisotopic (exact) mass is 256 g/mol. The van der Waals surface area contributed by atoms with E-state index in [1.165, 1.54) is 12.8 Å². The summed E-state index contributed by atoms with van der Waals surface area (Å²) in [5.74, 6) is 0.869. The molecule has 0 aromatic carbocycles. The molecule has 1 unspecified atom stereocenters. The summed E-state index contributed by atoms with van der Waals surface area (Å²) < 4.78 is 10.8. The van der Waals surface area contributed by atoms with Crippen LogP contribution in [-0.4, -0.2) is 56.5 Å². The molecule has 106 valence electrons. The Hall–Kier alpha value is -0.160. The third-order valence-electron chi connectivity index (χ3n) is 4.74. The second-order valence-electron chi connectivity index (χ2n) is 5.81. The number of hydrogen-bond acceptors (Lipinski definition) is 4. The molecule has 0 spiro atoms. The zero-order valence-electron chi connectivity index (χ0n) is 11.9. The van der Waals surface area contributed by atoms with E-state index in [-0.39, 0.29) is 5.54 Å². The topological polar surface area (TPSA) is 47.7 Å². The Morgan fingerprint density at radius 3 is 2.56 bits per heavy atom. The van der Waals surface area contributed by atoms with Crippen LogP contribution in [0, 0.1) is 5.92 Å². The average Bonchev–Trinajstić information content (AvgIpc) is 3.24. The van der Waals surface area contributed by atoms with Crippen LogP contribution < -0.4 is 5.73 Å². The maximum absolute atomic E-state index is 6.13. The molecule has 1 heterocycles. The van der Waals surface area contributed by atoms with Crippen LogP contribution in [0.2, 0.25) is 0 Å². The van der Waals surface area contributed by atoms with E-state index in [9.17, 15) is 0 Å². The molecule has 4 heteroatoms. The lowest BCUT2D eigenvalue weighted by molar-refractivity contribution is -0.0525. The molecule has 2 rings (SSSR count). The molecule has 0 aromatic heterocycles. The molecule has 2 N–H and O–H groups in total. The molecular weight excluding hydrogens is 228 g/mol. The Labute approximate surface area is 111 Å². The standard InChI is InChI=1S/C14H28N2O2/c1-12(13-3-4-13)16(7-10-17-2)14(11-15)5-8-18-9-6-14/h12-13H,3-11,15H2,1-2H3. The lowest BCUT2D eigenvalue weighted by Crippen LogP contribution is -2.60. The molecule has 0 aromatic rings. The van der Waals surface area contributed by atoms with Crippen molar-refractivity contribution in [1.82, 2.24) is 4.90 Å². The molecule has 0 radical (unpaired) electrons. The van der Waals surface area contributed by atoms with Crippen molar-refractivity contribution in [2.45, 2.75) is 44.2 Å². The molecule has 2 aliphatic rings. The third-order valence-corrected chi connectivity index (χ3v) is 4.74. The zero-order valence-corrected chi connectivity index (χ0v) is 11.9. The third kappa shape index (κ3) is 3.05. The van der Waals surface area contributed by atoms with Gasteiger partial charge in [0.25, 0.3) is 0 Å². The fourth-order valence-corrected chi connectivity index (χ4v) is 3.26. The number of rotatable bonds is 7. The minimum atomic E-state index is 0.138. The van der Waals surface area contributed by atoms with Gasteiger partial charge in [-0.3, -0.25) is 4.90 Å². The van der Waals surface area contributed by atoms with Gasteiger partial charge in [0.15, 0.2) is 0 Å². The zero-order chi connectivity index (χ0) is 13.0. The predicted octanol–water partition coefficient (Wildman–Crippen LogP) is 1.24. The van der Waals surface area contributed by atoms with E-state index in [4.69, 9.17) is 15.2 Å². The summed E-state index contributed by atoms with van der Waals surface area (Å²) in [7, 11) is 1.78. The maximum Gasteiger partial charge on any atom is 0.0590 e. The lowest BCUT2D eigenvalue weighted by atomic mass is 9.86. The van der Waals surface area contributed by atoms with Crippen LogP contribution in [0.3, 0.4) is 0 Å². The van der Waals surface area contributed by atoms with Gasteiger partial charge in [-0.05, 0) is 38.5 Å². The van der Waals surface area contributed by atoms with Gasteiger partial charge in [-0.1, -0.05) is 0 Å². The molecule has 0 amide bonds. The van der Waals surface area contributed by atoms with E-state index >= 15 is 0 Å². The molecule has 18 heavy (non-hydrogen) atoms. The van der Waals surface area contributed by atoms with Gasteiger partial charge >= 0.3 is 0 Å². The van der Waals surface area contributed by atoms with Crippen molar-refractivity contribution >= 4 is 0 Å². The number of ether oxygens (including phenoxy) is 2. The number of nitrogens with two attached hydrogens (primary N) is 1. The van der Waals surface area contributed by atoms with Crippen LogP contribution in [-0.2, 0) is 9.47 Å². The van der Waals surface area contributed by atoms with Crippen LogP contribution in [0.5, 0.6) is 0 Å². The number of methoxy groups -OCH3 is 1. The van der Waals surface area contributed by atoms with Crippen molar-refractivity contribution in [1.29, 1.82) is 0 Å². The number of nitrogens with zero attached hydrogens (tertiary/aromatic N) is 1. The maximum atomic E-state index is 6.13. The van der Waals surface area contributed by atoms with Crippen LogP contribution >= 0.6 is 0 Å². The van der Waals surface area contributed by atoms with Crippen molar-refractivity contribution in [3.63, 3.8) is 0 Å². The normalized spacial score (nSPS) is 25.3. The Bertz CT molecular complexity index is 250. The lowest BCUT2D eigenvalue weighted by Gasteiger charge is -2.49. The largest absolute Gasteiger partial charge is 0.383 e. The molecule has 2 fully saturated rings. The van der Waals surface area contributed by atoms with Gasteiger partial charge in [0.1, 0.15) is 0 Å². The summed E-state index contributed by atoms with van der Waals surface area (Å²) in [5, 5.41) is 0. The van der Waals surface area contributed by atoms with Crippen molar-refractivity contribution in [3.05, 3.63) is 0 Å². The molecule has 1 atom stereocenters. The van der Waals surface area contributed by atoms with Gasteiger partial charge in [-0.25, -0.2) is 0 Å². The Morgan fingerprint density at radius 1 is 1.39 bits per heavy atom. The van der Waals surface area contributed by atoms with E-state index < -0.39 is 0 Å². The second-order valence-corrected chi connectivity index (χ2v) is 5.81. The fourth-order valence-electron chi connectivity index (χ4n) is 3.26. The summed E-state index contributed by atoms with van der Waals surface area (Å²) in [6, 6.07) is 0.627. The first-order valence-corrected chi connectivity index (χ1v) is 7.27. The van der Waals surface area contributed by atoms with Gasteiger partial charge in [0.2, 0.25) is 0 Å². The SMILES string of the molecule is COCCN(C(C)C1CC1)C1(CN)CCOCC1. The Morgan fingerprint density at radius 2 is 2.06 bits per heavy atom. The molecular formula is C14H28N2O2. The van der Waals surface area contributed by atoms with E-state index in [1.807, 2.05) is 0 Å². The predicted molar refractivity (Wildman–Crippen MR) is 72.6 cm³/mol. The van der Waals surface area contributed by atoms with E-state index in [0.29, 0.717) is 6.04 Å². The van der Waals surface area contributed by atoms with Crippen molar-refractivity contribution in [2.24, 2.45) is 11.7 Å². The van der Waals surface area contributed by atoms with Crippen LogP contribution in [0.4, 0.5) is 0 Å². The van der Waals surface area contributed by atoms with Gasteiger partial charge in [-0.2, -0.15) is 0 Å². The molecule has 1 aliphatic carbocycles. The Balaban J connectivity index is 2.07. The first kappa shape index (κ1) is 14.3. The first-order chi connectivity index (χ1) is 8.73. The minimum absolute atomic E-state index is 0.138. The molecule has 4 nitrogen and oxygen atoms in total. The fraction of sp³-hybridized carbons (Fsp3) is 1.00. The Kier molecular flexibility index (Phi) is 5.01. The molecule has 1 saturated heterocycles. The second kappa shape index (κ2) is 6.33. The average molecular weight is 256 g/mol. The van der Waals surface area contributed by atoms with Crippen LogP contribution in [0.1, 0.15) is 32.6 Å². The van der Waals surface area contributed by atoms with Gasteiger partial charge < -0.3 is 15.2 Å². The molecule has 1 aliphatic heterocycles. The van der Waals surface area contributed by atoms with Gasteiger partial charge in [0, 0.05) is 45.0 Å². The van der Waals surface area contributed by atoms with E-state index in [2.05, 4.69) is 11.8 Å². The van der Waals surface area contributed by atoms with Gasteiger partial charge in [0.05, 0.1) is 6.61 Å². The summed E-state index contributed by atoms with van der Waals surface area (Å²) in [4.78, 5) is 2.62. The summed E-state index contributed by atoms with van der Waals surface area (Å²) >= 11 is 0. The smallest absolute Gasteiger partial charge is 0.0590 e.